The van der Waals surface area contributed by atoms with Crippen molar-refractivity contribution >= 4 is 48.2 Å². The molecule has 2 aromatic rings. The van der Waals surface area contributed by atoms with E-state index < -0.39 is 5.97 Å². The number of aromatic carboxylic acids is 1. The molecule has 1 aliphatic rings. The van der Waals surface area contributed by atoms with Gasteiger partial charge in [0, 0.05) is 36.0 Å². The van der Waals surface area contributed by atoms with E-state index in [-0.39, 0.29) is 24.8 Å². The fourth-order valence-corrected chi connectivity index (χ4v) is 3.77. The maximum Gasteiger partial charge on any atom is 0.335 e. The fourth-order valence-electron chi connectivity index (χ4n) is 2.73. The monoisotopic (exact) mass is 400 g/mol. The molecular weight excluding hydrogens is 379 g/mol. The summed E-state index contributed by atoms with van der Waals surface area (Å²) in [7, 11) is 0. The maximum absolute atomic E-state index is 11.1. The number of nitrogens with zero attached hydrogens (tertiary/aromatic N) is 1. The van der Waals surface area contributed by atoms with Crippen molar-refractivity contribution in [1.82, 2.24) is 5.32 Å². The van der Waals surface area contributed by atoms with Crippen molar-refractivity contribution in [2.24, 2.45) is 0 Å². The van der Waals surface area contributed by atoms with Gasteiger partial charge in [-0.2, -0.15) is 0 Å². The van der Waals surface area contributed by atoms with Gasteiger partial charge in [-0.3, -0.25) is 0 Å². The Morgan fingerprint density at radius 3 is 2.40 bits per heavy atom. The standard InChI is InChI=1S/C18H20N2O2S.2ClH/c1-13-12-14(18(21)22)6-7-16(13)23-17-5-3-2-4-15(17)20-10-8-19-9-11-20;;/h2-7,12,19H,8-11H2,1H3,(H,21,22);2*1H. The largest absolute Gasteiger partial charge is 0.478 e. The zero-order valence-corrected chi connectivity index (χ0v) is 16.3. The molecule has 7 heteroatoms. The van der Waals surface area contributed by atoms with E-state index in [1.807, 2.05) is 13.0 Å². The number of rotatable bonds is 4. The smallest absolute Gasteiger partial charge is 0.335 e. The van der Waals surface area contributed by atoms with E-state index >= 15 is 0 Å². The number of carboxylic acid groups (broad SMARTS) is 1. The van der Waals surface area contributed by atoms with E-state index in [9.17, 15) is 4.79 Å². The van der Waals surface area contributed by atoms with Gasteiger partial charge in [0.1, 0.15) is 0 Å². The predicted octanol–water partition coefficient (Wildman–Crippen LogP) is 4.10. The average Bonchev–Trinajstić information content (AvgIpc) is 2.58. The summed E-state index contributed by atoms with van der Waals surface area (Å²) in [6.07, 6.45) is 0. The van der Waals surface area contributed by atoms with Crippen molar-refractivity contribution in [2.45, 2.75) is 16.7 Å². The van der Waals surface area contributed by atoms with Crippen molar-refractivity contribution in [3.8, 4) is 0 Å². The number of anilines is 1. The number of halogens is 2. The molecule has 0 atom stereocenters. The number of aryl methyl sites for hydroxylation is 1. The first kappa shape index (κ1) is 21.6. The van der Waals surface area contributed by atoms with Crippen molar-refractivity contribution in [2.75, 3.05) is 31.1 Å². The molecule has 136 valence electrons. The number of carboxylic acids is 1. The Labute approximate surface area is 164 Å². The van der Waals surface area contributed by atoms with E-state index in [0.29, 0.717) is 5.56 Å². The van der Waals surface area contributed by atoms with Gasteiger partial charge in [-0.05, 0) is 42.8 Å². The number of carbonyl (C=O) groups is 1. The Kier molecular flexibility index (Phi) is 8.59. The Morgan fingerprint density at radius 2 is 1.76 bits per heavy atom. The lowest BCUT2D eigenvalue weighted by atomic mass is 10.1. The van der Waals surface area contributed by atoms with Crippen LogP contribution in [0.25, 0.3) is 0 Å². The van der Waals surface area contributed by atoms with Crippen LogP contribution < -0.4 is 10.2 Å². The zero-order valence-electron chi connectivity index (χ0n) is 13.9. The van der Waals surface area contributed by atoms with Crippen LogP contribution in [0.4, 0.5) is 5.69 Å². The highest BCUT2D eigenvalue weighted by atomic mass is 35.5. The van der Waals surface area contributed by atoms with Crippen LogP contribution >= 0.6 is 36.6 Å². The SMILES string of the molecule is Cc1cc(C(=O)O)ccc1Sc1ccccc1N1CCNCC1.Cl.Cl. The molecule has 1 heterocycles. The molecule has 25 heavy (non-hydrogen) atoms. The van der Waals surface area contributed by atoms with E-state index in [1.54, 1.807) is 23.9 Å². The molecule has 4 nitrogen and oxygen atoms in total. The van der Waals surface area contributed by atoms with Crippen molar-refractivity contribution in [3.63, 3.8) is 0 Å². The predicted molar refractivity (Wildman–Crippen MR) is 108 cm³/mol. The molecule has 2 N–H and O–H groups in total. The molecule has 3 rings (SSSR count). The molecule has 0 spiro atoms. The first-order chi connectivity index (χ1) is 11.1. The molecule has 0 saturated carbocycles. The summed E-state index contributed by atoms with van der Waals surface area (Å²) < 4.78 is 0. The van der Waals surface area contributed by atoms with E-state index in [2.05, 4.69) is 34.5 Å². The van der Waals surface area contributed by atoms with Gasteiger partial charge in [0.2, 0.25) is 0 Å². The molecule has 1 saturated heterocycles. The molecule has 1 fully saturated rings. The Morgan fingerprint density at radius 1 is 1.08 bits per heavy atom. The van der Waals surface area contributed by atoms with Crippen LogP contribution in [-0.2, 0) is 0 Å². The van der Waals surface area contributed by atoms with Gasteiger partial charge in [-0.15, -0.1) is 24.8 Å². The van der Waals surface area contributed by atoms with Crippen LogP contribution in [0, 0.1) is 6.92 Å². The van der Waals surface area contributed by atoms with Crippen LogP contribution in [0.5, 0.6) is 0 Å². The van der Waals surface area contributed by atoms with E-state index in [4.69, 9.17) is 5.11 Å². The van der Waals surface area contributed by atoms with Crippen molar-refractivity contribution < 1.29 is 9.90 Å². The molecule has 0 radical (unpaired) electrons. The number of piperazine rings is 1. The molecule has 0 amide bonds. The molecule has 0 unspecified atom stereocenters. The normalized spacial score (nSPS) is 13.6. The van der Waals surface area contributed by atoms with Gasteiger partial charge in [0.15, 0.2) is 0 Å². The summed E-state index contributed by atoms with van der Waals surface area (Å²) in [4.78, 5) is 15.8. The van der Waals surface area contributed by atoms with Crippen LogP contribution in [-0.4, -0.2) is 37.3 Å². The van der Waals surface area contributed by atoms with Gasteiger partial charge in [-0.25, -0.2) is 4.79 Å². The number of nitrogens with one attached hydrogen (secondary N) is 1. The van der Waals surface area contributed by atoms with Crippen LogP contribution in [0.3, 0.4) is 0 Å². The minimum atomic E-state index is -0.883. The molecule has 0 aliphatic carbocycles. The summed E-state index contributed by atoms with van der Waals surface area (Å²) in [6, 6.07) is 13.7. The quantitative estimate of drug-likeness (QED) is 0.808. The van der Waals surface area contributed by atoms with Gasteiger partial charge < -0.3 is 15.3 Å². The highest BCUT2D eigenvalue weighted by molar-refractivity contribution is 7.99. The zero-order chi connectivity index (χ0) is 16.2. The van der Waals surface area contributed by atoms with Gasteiger partial charge in [-0.1, -0.05) is 23.9 Å². The highest BCUT2D eigenvalue weighted by Crippen LogP contribution is 2.37. The number of hydrogen-bond donors (Lipinski definition) is 2. The molecular formula is C18H22Cl2N2O2S. The molecule has 0 bridgehead atoms. The van der Waals surface area contributed by atoms with Gasteiger partial charge in [0.05, 0.1) is 11.3 Å². The second-order valence-corrected chi connectivity index (χ2v) is 6.68. The lowest BCUT2D eigenvalue weighted by Crippen LogP contribution is -2.43. The van der Waals surface area contributed by atoms with Gasteiger partial charge >= 0.3 is 5.97 Å². The van der Waals surface area contributed by atoms with Gasteiger partial charge in [0.25, 0.3) is 0 Å². The number of para-hydroxylation sites is 1. The van der Waals surface area contributed by atoms with Crippen molar-refractivity contribution in [3.05, 3.63) is 53.6 Å². The molecule has 2 aromatic carbocycles. The second kappa shape index (κ2) is 9.92. The number of hydrogen-bond acceptors (Lipinski definition) is 4. The highest BCUT2D eigenvalue weighted by Gasteiger charge is 2.15. The number of benzene rings is 2. The Hall–Kier alpha value is -1.40. The third-order valence-electron chi connectivity index (χ3n) is 3.96. The summed E-state index contributed by atoms with van der Waals surface area (Å²) in [5, 5.41) is 12.5. The molecule has 0 aromatic heterocycles. The van der Waals surface area contributed by atoms with E-state index in [0.717, 1.165) is 36.6 Å². The minimum Gasteiger partial charge on any atom is -0.478 e. The summed E-state index contributed by atoms with van der Waals surface area (Å²) in [5.74, 6) is -0.883. The maximum atomic E-state index is 11.1. The first-order valence-corrected chi connectivity index (χ1v) is 8.53. The van der Waals surface area contributed by atoms with Crippen LogP contribution in [0.2, 0.25) is 0 Å². The minimum absolute atomic E-state index is 0. The Bertz CT molecular complexity index is 722. The first-order valence-electron chi connectivity index (χ1n) is 7.71. The third-order valence-corrected chi connectivity index (χ3v) is 5.21. The van der Waals surface area contributed by atoms with E-state index in [1.165, 1.54) is 10.6 Å². The second-order valence-electron chi connectivity index (χ2n) is 5.59. The lowest BCUT2D eigenvalue weighted by molar-refractivity contribution is 0.0696. The summed E-state index contributed by atoms with van der Waals surface area (Å²) in [5.41, 5.74) is 2.58. The lowest BCUT2D eigenvalue weighted by Gasteiger charge is -2.31. The van der Waals surface area contributed by atoms with Crippen LogP contribution in [0.1, 0.15) is 15.9 Å². The topological polar surface area (TPSA) is 52.6 Å². The van der Waals surface area contributed by atoms with Crippen LogP contribution in [0.15, 0.2) is 52.3 Å². The van der Waals surface area contributed by atoms with Crippen molar-refractivity contribution in [1.29, 1.82) is 0 Å². The fraction of sp³-hybridized carbons (Fsp3) is 0.278. The Balaban J connectivity index is 0.00000156. The average molecular weight is 401 g/mol. The summed E-state index contributed by atoms with van der Waals surface area (Å²) in [6.45, 7) is 5.99. The molecule has 1 aliphatic heterocycles. The summed E-state index contributed by atoms with van der Waals surface area (Å²) >= 11 is 1.70. The third kappa shape index (κ3) is 5.28.